The molecule has 0 bridgehead atoms. The molecule has 0 radical (unpaired) electrons. The van der Waals surface area contributed by atoms with Crippen molar-refractivity contribution < 1.29 is 14.3 Å². The van der Waals surface area contributed by atoms with Crippen LogP contribution in [0, 0.1) is 12.8 Å². The average molecular weight is 345 g/mol. The SMILES string of the molecule is Cc1ccc(CNC(=O)C2CCN(C(=O)C3COCCN3)CC2)cc1. The van der Waals surface area contributed by atoms with Crippen molar-refractivity contribution in [2.24, 2.45) is 5.92 Å². The molecule has 3 rings (SSSR count). The minimum absolute atomic E-state index is 0.00920. The lowest BCUT2D eigenvalue weighted by atomic mass is 9.95. The van der Waals surface area contributed by atoms with Crippen LogP contribution in [0.5, 0.6) is 0 Å². The Labute approximate surface area is 148 Å². The van der Waals surface area contributed by atoms with Crippen molar-refractivity contribution in [1.82, 2.24) is 15.5 Å². The van der Waals surface area contributed by atoms with Gasteiger partial charge < -0.3 is 20.3 Å². The number of hydrogen-bond acceptors (Lipinski definition) is 4. The van der Waals surface area contributed by atoms with E-state index in [1.807, 2.05) is 24.0 Å². The Morgan fingerprint density at radius 1 is 1.24 bits per heavy atom. The molecule has 0 spiro atoms. The van der Waals surface area contributed by atoms with E-state index >= 15 is 0 Å². The van der Waals surface area contributed by atoms with Crippen molar-refractivity contribution in [3.05, 3.63) is 35.4 Å². The van der Waals surface area contributed by atoms with Gasteiger partial charge in [0, 0.05) is 32.1 Å². The molecular formula is C19H27N3O3. The molecule has 136 valence electrons. The van der Waals surface area contributed by atoms with Crippen LogP contribution in [0.25, 0.3) is 0 Å². The minimum atomic E-state index is -0.235. The summed E-state index contributed by atoms with van der Waals surface area (Å²) in [5.74, 6) is 0.176. The van der Waals surface area contributed by atoms with Crippen molar-refractivity contribution in [2.45, 2.75) is 32.4 Å². The third-order valence-electron chi connectivity index (χ3n) is 4.98. The predicted molar refractivity (Wildman–Crippen MR) is 94.9 cm³/mol. The molecule has 2 amide bonds. The number of piperidine rings is 1. The molecular weight excluding hydrogens is 318 g/mol. The van der Waals surface area contributed by atoms with Crippen molar-refractivity contribution in [1.29, 1.82) is 0 Å². The van der Waals surface area contributed by atoms with Crippen molar-refractivity contribution in [3.63, 3.8) is 0 Å². The summed E-state index contributed by atoms with van der Waals surface area (Å²) < 4.78 is 5.36. The van der Waals surface area contributed by atoms with Gasteiger partial charge in [-0.15, -0.1) is 0 Å². The third-order valence-corrected chi connectivity index (χ3v) is 4.98. The molecule has 1 unspecified atom stereocenters. The zero-order valence-corrected chi connectivity index (χ0v) is 14.8. The summed E-state index contributed by atoms with van der Waals surface area (Å²) in [6.45, 7) is 5.70. The van der Waals surface area contributed by atoms with Gasteiger partial charge in [0.15, 0.2) is 0 Å². The Hall–Kier alpha value is -1.92. The number of morpholine rings is 1. The topological polar surface area (TPSA) is 70.7 Å². The Balaban J connectivity index is 1.42. The molecule has 1 aromatic carbocycles. The second-order valence-corrected chi connectivity index (χ2v) is 6.88. The van der Waals surface area contributed by atoms with Crippen LogP contribution in [0.4, 0.5) is 0 Å². The largest absolute Gasteiger partial charge is 0.378 e. The maximum absolute atomic E-state index is 12.5. The molecule has 2 N–H and O–H groups in total. The zero-order valence-electron chi connectivity index (χ0n) is 14.8. The lowest BCUT2D eigenvalue weighted by Crippen LogP contribution is -2.54. The van der Waals surface area contributed by atoms with Crippen LogP contribution in [0.15, 0.2) is 24.3 Å². The molecule has 2 aliphatic heterocycles. The first-order valence-electron chi connectivity index (χ1n) is 9.06. The Bertz CT molecular complexity index is 588. The van der Waals surface area contributed by atoms with Gasteiger partial charge in [0.1, 0.15) is 6.04 Å². The fourth-order valence-corrected chi connectivity index (χ4v) is 3.35. The normalized spacial score (nSPS) is 21.8. The number of ether oxygens (including phenoxy) is 1. The highest BCUT2D eigenvalue weighted by Crippen LogP contribution is 2.18. The Morgan fingerprint density at radius 2 is 1.96 bits per heavy atom. The molecule has 0 aromatic heterocycles. The van der Waals surface area contributed by atoms with Crippen molar-refractivity contribution in [3.8, 4) is 0 Å². The number of hydrogen-bond donors (Lipinski definition) is 2. The standard InChI is InChI=1S/C19H27N3O3/c1-14-2-4-15(5-3-14)12-21-18(23)16-6-9-22(10-7-16)19(24)17-13-25-11-8-20-17/h2-5,16-17,20H,6-13H2,1H3,(H,21,23). The van der Waals surface area contributed by atoms with E-state index in [2.05, 4.69) is 22.8 Å². The van der Waals surface area contributed by atoms with E-state index in [-0.39, 0.29) is 23.8 Å². The molecule has 2 fully saturated rings. The number of carbonyl (C=O) groups excluding carboxylic acids is 2. The summed E-state index contributed by atoms with van der Waals surface area (Å²) in [5.41, 5.74) is 2.32. The van der Waals surface area contributed by atoms with Crippen molar-refractivity contribution >= 4 is 11.8 Å². The third kappa shape index (κ3) is 4.80. The summed E-state index contributed by atoms with van der Waals surface area (Å²) in [6.07, 6.45) is 1.44. The van der Waals surface area contributed by atoms with Gasteiger partial charge in [-0.1, -0.05) is 29.8 Å². The number of rotatable bonds is 4. The maximum Gasteiger partial charge on any atom is 0.242 e. The summed E-state index contributed by atoms with van der Waals surface area (Å²) >= 11 is 0. The number of likely N-dealkylation sites (tertiary alicyclic amines) is 1. The number of nitrogens with zero attached hydrogens (tertiary/aromatic N) is 1. The molecule has 1 atom stereocenters. The van der Waals surface area contributed by atoms with Gasteiger partial charge in [-0.2, -0.15) is 0 Å². The molecule has 2 aliphatic rings. The fourth-order valence-electron chi connectivity index (χ4n) is 3.35. The maximum atomic E-state index is 12.5. The Kier molecular flexibility index (Phi) is 6.04. The van der Waals surface area contributed by atoms with Gasteiger partial charge in [0.2, 0.25) is 11.8 Å². The van der Waals surface area contributed by atoms with Gasteiger partial charge in [-0.3, -0.25) is 9.59 Å². The van der Waals surface area contributed by atoms with E-state index < -0.39 is 0 Å². The molecule has 2 heterocycles. The highest BCUT2D eigenvalue weighted by Gasteiger charge is 2.31. The van der Waals surface area contributed by atoms with Crippen LogP contribution in [0.3, 0.4) is 0 Å². The summed E-state index contributed by atoms with van der Waals surface area (Å²) in [4.78, 5) is 26.7. The van der Waals surface area contributed by atoms with Crippen molar-refractivity contribution in [2.75, 3.05) is 32.8 Å². The van der Waals surface area contributed by atoms with Gasteiger partial charge >= 0.3 is 0 Å². The number of carbonyl (C=O) groups is 2. The Morgan fingerprint density at radius 3 is 2.60 bits per heavy atom. The van der Waals surface area contributed by atoms with E-state index in [1.54, 1.807) is 0 Å². The molecule has 6 heteroatoms. The summed E-state index contributed by atoms with van der Waals surface area (Å²) in [6, 6.07) is 7.94. The second kappa shape index (κ2) is 8.45. The van der Waals surface area contributed by atoms with E-state index in [0.717, 1.165) is 18.4 Å². The first-order chi connectivity index (χ1) is 12.1. The van der Waals surface area contributed by atoms with Crippen LogP contribution in [0.2, 0.25) is 0 Å². The van der Waals surface area contributed by atoms with Crippen LogP contribution in [-0.4, -0.2) is 55.6 Å². The fraction of sp³-hybridized carbons (Fsp3) is 0.579. The van der Waals surface area contributed by atoms with Gasteiger partial charge in [0.05, 0.1) is 13.2 Å². The van der Waals surface area contributed by atoms with Gasteiger partial charge in [-0.25, -0.2) is 0 Å². The number of aryl methyl sites for hydroxylation is 1. The van der Waals surface area contributed by atoms with Gasteiger partial charge in [-0.05, 0) is 25.3 Å². The highest BCUT2D eigenvalue weighted by atomic mass is 16.5. The average Bonchev–Trinajstić information content (AvgIpc) is 2.67. The molecule has 0 saturated carbocycles. The molecule has 2 saturated heterocycles. The number of benzene rings is 1. The molecule has 1 aromatic rings. The zero-order chi connectivity index (χ0) is 17.6. The van der Waals surface area contributed by atoms with Crippen LogP contribution < -0.4 is 10.6 Å². The van der Waals surface area contributed by atoms with Crippen LogP contribution in [0.1, 0.15) is 24.0 Å². The monoisotopic (exact) mass is 345 g/mol. The molecule has 25 heavy (non-hydrogen) atoms. The second-order valence-electron chi connectivity index (χ2n) is 6.88. The highest BCUT2D eigenvalue weighted by molar-refractivity contribution is 5.83. The van der Waals surface area contributed by atoms with Gasteiger partial charge in [0.25, 0.3) is 0 Å². The summed E-state index contributed by atoms with van der Waals surface area (Å²) in [7, 11) is 0. The van der Waals surface area contributed by atoms with E-state index in [4.69, 9.17) is 4.74 Å². The van der Waals surface area contributed by atoms with E-state index in [0.29, 0.717) is 39.4 Å². The number of nitrogens with one attached hydrogen (secondary N) is 2. The predicted octanol–water partition coefficient (Wildman–Crippen LogP) is 0.838. The van der Waals surface area contributed by atoms with E-state index in [9.17, 15) is 9.59 Å². The van der Waals surface area contributed by atoms with E-state index in [1.165, 1.54) is 5.56 Å². The smallest absolute Gasteiger partial charge is 0.242 e. The van der Waals surface area contributed by atoms with Crippen LogP contribution in [-0.2, 0) is 20.9 Å². The molecule has 0 aliphatic carbocycles. The first kappa shape index (κ1) is 17.9. The number of amides is 2. The van der Waals surface area contributed by atoms with Crippen LogP contribution >= 0.6 is 0 Å². The minimum Gasteiger partial charge on any atom is -0.378 e. The lowest BCUT2D eigenvalue weighted by Gasteiger charge is -2.35. The lowest BCUT2D eigenvalue weighted by molar-refractivity contribution is -0.139. The summed E-state index contributed by atoms with van der Waals surface area (Å²) in [5, 5.41) is 6.22. The quantitative estimate of drug-likeness (QED) is 0.848. The first-order valence-corrected chi connectivity index (χ1v) is 9.06. The molecule has 6 nitrogen and oxygen atoms in total.